The van der Waals surface area contributed by atoms with Crippen molar-refractivity contribution in [3.63, 3.8) is 0 Å². The molecular formula is C14H23NO2. The third kappa shape index (κ3) is 5.20. The van der Waals surface area contributed by atoms with Gasteiger partial charge in [0.2, 0.25) is 0 Å². The first-order valence-corrected chi connectivity index (χ1v) is 6.05. The number of rotatable bonds is 7. The Hall–Kier alpha value is -1.06. The van der Waals surface area contributed by atoms with E-state index in [4.69, 9.17) is 9.47 Å². The topological polar surface area (TPSA) is 30.5 Å². The highest BCUT2D eigenvalue weighted by Crippen LogP contribution is 2.13. The number of hydrogen-bond donors (Lipinski definition) is 1. The van der Waals surface area contributed by atoms with Gasteiger partial charge < -0.3 is 14.8 Å². The summed E-state index contributed by atoms with van der Waals surface area (Å²) in [4.78, 5) is 0. The Balaban J connectivity index is 2.44. The fourth-order valence-electron chi connectivity index (χ4n) is 1.49. The van der Waals surface area contributed by atoms with Crippen molar-refractivity contribution in [3.8, 4) is 5.75 Å². The van der Waals surface area contributed by atoms with E-state index in [0.29, 0.717) is 6.61 Å². The molecule has 0 aromatic heterocycles. The lowest BCUT2D eigenvalue weighted by molar-refractivity contribution is 0.0230. The first kappa shape index (κ1) is 14.0. The van der Waals surface area contributed by atoms with Crippen LogP contribution in [0.25, 0.3) is 0 Å². The number of nitrogens with one attached hydrogen (secondary N) is 1. The van der Waals surface area contributed by atoms with Gasteiger partial charge in [0, 0.05) is 20.2 Å². The van der Waals surface area contributed by atoms with Crippen LogP contribution in [0.4, 0.5) is 0 Å². The van der Waals surface area contributed by atoms with E-state index in [1.807, 2.05) is 19.1 Å². The van der Waals surface area contributed by atoms with Gasteiger partial charge >= 0.3 is 0 Å². The monoisotopic (exact) mass is 237 g/mol. The van der Waals surface area contributed by atoms with Crippen LogP contribution in [0.3, 0.4) is 0 Å². The van der Waals surface area contributed by atoms with E-state index >= 15 is 0 Å². The fourth-order valence-corrected chi connectivity index (χ4v) is 1.49. The SMILES string of the molecule is CCOc1cccc(CNCC(C)(C)OC)c1. The molecule has 0 heterocycles. The van der Waals surface area contributed by atoms with Gasteiger partial charge in [-0.25, -0.2) is 0 Å². The Morgan fingerprint density at radius 3 is 2.71 bits per heavy atom. The zero-order valence-electron chi connectivity index (χ0n) is 11.2. The first-order valence-electron chi connectivity index (χ1n) is 6.05. The fraction of sp³-hybridized carbons (Fsp3) is 0.571. The molecule has 0 bridgehead atoms. The normalized spacial score (nSPS) is 11.5. The van der Waals surface area contributed by atoms with Crippen molar-refractivity contribution in [2.24, 2.45) is 0 Å². The molecule has 0 unspecified atom stereocenters. The van der Waals surface area contributed by atoms with Gasteiger partial charge in [0.05, 0.1) is 12.2 Å². The molecule has 96 valence electrons. The Morgan fingerprint density at radius 1 is 1.29 bits per heavy atom. The van der Waals surface area contributed by atoms with E-state index in [1.165, 1.54) is 5.56 Å². The molecule has 0 radical (unpaired) electrons. The molecule has 0 saturated carbocycles. The molecule has 0 aliphatic rings. The molecule has 1 N–H and O–H groups in total. The van der Waals surface area contributed by atoms with E-state index in [2.05, 4.69) is 31.3 Å². The molecule has 0 aliphatic carbocycles. The van der Waals surface area contributed by atoms with Crippen molar-refractivity contribution >= 4 is 0 Å². The lowest BCUT2D eigenvalue weighted by Crippen LogP contribution is -2.36. The quantitative estimate of drug-likeness (QED) is 0.790. The zero-order valence-corrected chi connectivity index (χ0v) is 11.2. The maximum Gasteiger partial charge on any atom is 0.119 e. The Labute approximate surface area is 104 Å². The molecule has 3 nitrogen and oxygen atoms in total. The van der Waals surface area contributed by atoms with Crippen LogP contribution in [0.1, 0.15) is 26.3 Å². The van der Waals surface area contributed by atoms with Crippen molar-refractivity contribution in [3.05, 3.63) is 29.8 Å². The molecule has 0 atom stereocenters. The Bertz CT molecular complexity index is 337. The highest BCUT2D eigenvalue weighted by atomic mass is 16.5. The maximum atomic E-state index is 5.46. The first-order chi connectivity index (χ1) is 8.07. The number of benzene rings is 1. The van der Waals surface area contributed by atoms with Crippen molar-refractivity contribution in [1.82, 2.24) is 5.32 Å². The van der Waals surface area contributed by atoms with E-state index in [0.717, 1.165) is 18.8 Å². The smallest absolute Gasteiger partial charge is 0.119 e. The van der Waals surface area contributed by atoms with Crippen LogP contribution >= 0.6 is 0 Å². The summed E-state index contributed by atoms with van der Waals surface area (Å²) in [5, 5.41) is 3.38. The highest BCUT2D eigenvalue weighted by molar-refractivity contribution is 5.28. The summed E-state index contributed by atoms with van der Waals surface area (Å²) in [5.41, 5.74) is 1.10. The second-order valence-corrected chi connectivity index (χ2v) is 4.65. The minimum Gasteiger partial charge on any atom is -0.494 e. The van der Waals surface area contributed by atoms with Gasteiger partial charge in [-0.15, -0.1) is 0 Å². The molecule has 0 spiro atoms. The summed E-state index contributed by atoms with van der Waals surface area (Å²) in [7, 11) is 1.73. The predicted molar refractivity (Wildman–Crippen MR) is 70.4 cm³/mol. The molecule has 3 heteroatoms. The molecule has 1 aromatic carbocycles. The highest BCUT2D eigenvalue weighted by Gasteiger charge is 2.14. The molecule has 0 amide bonds. The summed E-state index contributed by atoms with van der Waals surface area (Å²) >= 11 is 0. The Morgan fingerprint density at radius 2 is 2.06 bits per heavy atom. The van der Waals surface area contributed by atoms with Crippen LogP contribution in [0.15, 0.2) is 24.3 Å². The predicted octanol–water partition coefficient (Wildman–Crippen LogP) is 2.60. The summed E-state index contributed by atoms with van der Waals surface area (Å²) in [5.74, 6) is 0.929. The third-order valence-corrected chi connectivity index (χ3v) is 2.64. The zero-order chi connectivity index (χ0) is 12.7. The molecule has 17 heavy (non-hydrogen) atoms. The van der Waals surface area contributed by atoms with Crippen LogP contribution in [0.5, 0.6) is 5.75 Å². The largest absolute Gasteiger partial charge is 0.494 e. The van der Waals surface area contributed by atoms with E-state index in [9.17, 15) is 0 Å². The lowest BCUT2D eigenvalue weighted by atomic mass is 10.1. The van der Waals surface area contributed by atoms with E-state index in [-0.39, 0.29) is 5.60 Å². The van der Waals surface area contributed by atoms with E-state index in [1.54, 1.807) is 7.11 Å². The summed E-state index contributed by atoms with van der Waals surface area (Å²) in [6.45, 7) is 8.48. The molecule has 1 rings (SSSR count). The van der Waals surface area contributed by atoms with Gasteiger partial charge in [-0.05, 0) is 38.5 Å². The number of hydrogen-bond acceptors (Lipinski definition) is 3. The van der Waals surface area contributed by atoms with Gasteiger partial charge in [-0.3, -0.25) is 0 Å². The van der Waals surface area contributed by atoms with Crippen molar-refractivity contribution in [2.75, 3.05) is 20.3 Å². The standard InChI is InChI=1S/C14H23NO2/c1-5-17-13-8-6-7-12(9-13)10-15-11-14(2,3)16-4/h6-9,15H,5,10-11H2,1-4H3. The molecule has 1 aromatic rings. The van der Waals surface area contributed by atoms with Gasteiger partial charge in [0.1, 0.15) is 5.75 Å². The van der Waals surface area contributed by atoms with Crippen LogP contribution in [-0.4, -0.2) is 25.9 Å². The van der Waals surface area contributed by atoms with Crippen LogP contribution in [0, 0.1) is 0 Å². The van der Waals surface area contributed by atoms with Crippen molar-refractivity contribution in [1.29, 1.82) is 0 Å². The lowest BCUT2D eigenvalue weighted by Gasteiger charge is -2.23. The van der Waals surface area contributed by atoms with Crippen molar-refractivity contribution < 1.29 is 9.47 Å². The minimum atomic E-state index is -0.127. The second-order valence-electron chi connectivity index (χ2n) is 4.65. The van der Waals surface area contributed by atoms with Crippen LogP contribution in [0.2, 0.25) is 0 Å². The number of ether oxygens (including phenoxy) is 2. The molecular weight excluding hydrogens is 214 g/mol. The summed E-state index contributed by atoms with van der Waals surface area (Å²) < 4.78 is 10.8. The average Bonchev–Trinajstić information content (AvgIpc) is 2.30. The second kappa shape index (κ2) is 6.62. The third-order valence-electron chi connectivity index (χ3n) is 2.64. The number of methoxy groups -OCH3 is 1. The van der Waals surface area contributed by atoms with Crippen LogP contribution in [-0.2, 0) is 11.3 Å². The van der Waals surface area contributed by atoms with Gasteiger partial charge in [-0.2, -0.15) is 0 Å². The maximum absolute atomic E-state index is 5.46. The molecule has 0 saturated heterocycles. The van der Waals surface area contributed by atoms with Gasteiger partial charge in [0.25, 0.3) is 0 Å². The minimum absolute atomic E-state index is 0.127. The van der Waals surface area contributed by atoms with Gasteiger partial charge in [0.15, 0.2) is 0 Å². The summed E-state index contributed by atoms with van der Waals surface area (Å²) in [6, 6.07) is 8.15. The van der Waals surface area contributed by atoms with Crippen molar-refractivity contribution in [2.45, 2.75) is 32.9 Å². The van der Waals surface area contributed by atoms with Gasteiger partial charge in [-0.1, -0.05) is 12.1 Å². The average molecular weight is 237 g/mol. The van der Waals surface area contributed by atoms with Crippen LogP contribution < -0.4 is 10.1 Å². The van der Waals surface area contributed by atoms with E-state index < -0.39 is 0 Å². The molecule has 0 aliphatic heterocycles. The molecule has 0 fully saturated rings. The Kier molecular flexibility index (Phi) is 5.45. The summed E-state index contributed by atoms with van der Waals surface area (Å²) in [6.07, 6.45) is 0.